The third-order valence-electron chi connectivity index (χ3n) is 3.85. The van der Waals surface area contributed by atoms with Crippen molar-refractivity contribution >= 4 is 32.8 Å². The number of methoxy groups -OCH3 is 1. The van der Waals surface area contributed by atoms with Crippen molar-refractivity contribution < 1.29 is 14.1 Å². The first-order chi connectivity index (χ1) is 11.6. The van der Waals surface area contributed by atoms with E-state index in [0.717, 1.165) is 21.2 Å². The van der Waals surface area contributed by atoms with Crippen molar-refractivity contribution in [2.45, 2.75) is 13.0 Å². The summed E-state index contributed by atoms with van der Waals surface area (Å²) in [4.78, 5) is 14.2. The van der Waals surface area contributed by atoms with Gasteiger partial charge in [-0.1, -0.05) is 33.2 Å². The van der Waals surface area contributed by atoms with Gasteiger partial charge in [0.1, 0.15) is 11.4 Å². The Morgan fingerprint density at radius 2 is 2.08 bits per heavy atom. The predicted molar refractivity (Wildman–Crippen MR) is 94.9 cm³/mol. The summed E-state index contributed by atoms with van der Waals surface area (Å²) in [7, 11) is 3.39. The fourth-order valence-corrected chi connectivity index (χ4v) is 2.97. The third kappa shape index (κ3) is 3.43. The molecule has 0 atom stereocenters. The molecule has 1 aromatic heterocycles. The van der Waals surface area contributed by atoms with Crippen LogP contribution in [0, 0.1) is 0 Å². The first kappa shape index (κ1) is 16.5. The minimum absolute atomic E-state index is 0.0314. The van der Waals surface area contributed by atoms with Gasteiger partial charge in [0.2, 0.25) is 5.91 Å². The number of hydrogen-bond donors (Lipinski definition) is 0. The number of amides is 1. The lowest BCUT2D eigenvalue weighted by molar-refractivity contribution is -0.129. The number of aromatic nitrogens is 1. The summed E-state index contributed by atoms with van der Waals surface area (Å²) in [6.45, 7) is 0.456. The molecule has 1 amide bonds. The molecule has 0 saturated carbocycles. The van der Waals surface area contributed by atoms with Crippen LogP contribution in [-0.2, 0) is 17.8 Å². The Kier molecular flexibility index (Phi) is 4.85. The van der Waals surface area contributed by atoms with Crippen molar-refractivity contribution in [1.29, 1.82) is 0 Å². The second-order valence-corrected chi connectivity index (χ2v) is 6.42. The molecule has 0 fully saturated rings. The quantitative estimate of drug-likeness (QED) is 0.666. The lowest BCUT2D eigenvalue weighted by Gasteiger charge is -2.18. The van der Waals surface area contributed by atoms with E-state index >= 15 is 0 Å². The van der Waals surface area contributed by atoms with E-state index in [1.165, 1.54) is 0 Å². The Morgan fingerprint density at radius 3 is 2.88 bits per heavy atom. The van der Waals surface area contributed by atoms with Gasteiger partial charge in [0.15, 0.2) is 5.58 Å². The fraction of sp³-hybridized carbons (Fsp3) is 0.222. The standard InChI is InChI=1S/C18H17BrN2O3/c1-21(11-12-9-13(19)7-8-16(12)23-2)18(22)10-15-14-5-3-4-6-17(14)24-20-15/h3-9H,10-11H2,1-2H3. The van der Waals surface area contributed by atoms with E-state index in [4.69, 9.17) is 9.26 Å². The first-order valence-electron chi connectivity index (χ1n) is 7.48. The number of fused-ring (bicyclic) bond motifs is 1. The van der Waals surface area contributed by atoms with Crippen molar-refractivity contribution in [2.75, 3.05) is 14.2 Å². The van der Waals surface area contributed by atoms with Gasteiger partial charge in [-0.25, -0.2) is 0 Å². The molecule has 5 nitrogen and oxygen atoms in total. The number of benzene rings is 2. The number of carbonyl (C=O) groups excluding carboxylic acids is 1. The lowest BCUT2D eigenvalue weighted by Crippen LogP contribution is -2.28. The minimum Gasteiger partial charge on any atom is -0.496 e. The second-order valence-electron chi connectivity index (χ2n) is 5.51. The van der Waals surface area contributed by atoms with Crippen molar-refractivity contribution in [3.8, 4) is 5.75 Å². The van der Waals surface area contributed by atoms with Gasteiger partial charge in [-0.3, -0.25) is 4.79 Å². The van der Waals surface area contributed by atoms with Crippen LogP contribution in [0.3, 0.4) is 0 Å². The van der Waals surface area contributed by atoms with Crippen LogP contribution < -0.4 is 4.74 Å². The number of halogens is 1. The van der Waals surface area contributed by atoms with Crippen LogP contribution in [0.2, 0.25) is 0 Å². The molecular formula is C18H17BrN2O3. The molecule has 0 spiro atoms. The van der Waals surface area contributed by atoms with Gasteiger partial charge in [0, 0.05) is 29.0 Å². The molecule has 3 rings (SSSR count). The molecule has 0 aliphatic heterocycles. The molecule has 0 saturated heterocycles. The maximum absolute atomic E-state index is 12.5. The second kappa shape index (κ2) is 7.05. The Labute approximate surface area is 148 Å². The van der Waals surface area contributed by atoms with Crippen molar-refractivity contribution in [1.82, 2.24) is 10.1 Å². The number of rotatable bonds is 5. The number of carbonyl (C=O) groups is 1. The third-order valence-corrected chi connectivity index (χ3v) is 4.34. The number of para-hydroxylation sites is 1. The topological polar surface area (TPSA) is 55.6 Å². The number of hydrogen-bond acceptors (Lipinski definition) is 4. The largest absolute Gasteiger partial charge is 0.496 e. The molecule has 0 bridgehead atoms. The van der Waals surface area contributed by atoms with Crippen molar-refractivity contribution in [3.63, 3.8) is 0 Å². The van der Waals surface area contributed by atoms with Gasteiger partial charge in [-0.2, -0.15) is 0 Å². The van der Waals surface area contributed by atoms with E-state index < -0.39 is 0 Å². The van der Waals surface area contributed by atoms with Gasteiger partial charge in [0.25, 0.3) is 0 Å². The van der Waals surface area contributed by atoms with E-state index in [1.54, 1.807) is 19.1 Å². The fourth-order valence-electron chi connectivity index (χ4n) is 2.56. The zero-order valence-corrected chi connectivity index (χ0v) is 15.0. The number of nitrogens with zero attached hydrogens (tertiary/aromatic N) is 2. The molecule has 0 N–H and O–H groups in total. The summed E-state index contributed by atoms with van der Waals surface area (Å²) in [6, 6.07) is 13.3. The van der Waals surface area contributed by atoms with Crippen LogP contribution in [0.4, 0.5) is 0 Å². The van der Waals surface area contributed by atoms with E-state index in [0.29, 0.717) is 17.8 Å². The molecular weight excluding hydrogens is 372 g/mol. The van der Waals surface area contributed by atoms with Crippen LogP contribution in [-0.4, -0.2) is 30.1 Å². The van der Waals surface area contributed by atoms with Gasteiger partial charge >= 0.3 is 0 Å². The average Bonchev–Trinajstić information content (AvgIpc) is 2.98. The van der Waals surface area contributed by atoms with Gasteiger partial charge < -0.3 is 14.2 Å². The molecule has 3 aromatic rings. The van der Waals surface area contributed by atoms with Crippen LogP contribution >= 0.6 is 15.9 Å². The zero-order chi connectivity index (χ0) is 17.1. The van der Waals surface area contributed by atoms with Crippen LogP contribution in [0.25, 0.3) is 11.0 Å². The first-order valence-corrected chi connectivity index (χ1v) is 8.27. The van der Waals surface area contributed by atoms with Gasteiger partial charge in [-0.05, 0) is 30.3 Å². The molecule has 0 radical (unpaired) electrons. The molecule has 24 heavy (non-hydrogen) atoms. The maximum Gasteiger partial charge on any atom is 0.228 e. The SMILES string of the molecule is COc1ccc(Br)cc1CN(C)C(=O)Cc1noc2ccccc12. The predicted octanol–water partition coefficient (Wildman–Crippen LogP) is 3.80. The molecule has 124 valence electrons. The van der Waals surface area contributed by atoms with Crippen molar-refractivity contribution in [3.05, 3.63) is 58.2 Å². The smallest absolute Gasteiger partial charge is 0.228 e. The summed E-state index contributed by atoms with van der Waals surface area (Å²) in [6.07, 6.45) is 0.198. The molecule has 0 unspecified atom stereocenters. The van der Waals surface area contributed by atoms with E-state index in [9.17, 15) is 4.79 Å². The van der Waals surface area contributed by atoms with Crippen molar-refractivity contribution in [2.24, 2.45) is 0 Å². The Morgan fingerprint density at radius 1 is 1.29 bits per heavy atom. The number of ether oxygens (including phenoxy) is 1. The average molecular weight is 389 g/mol. The summed E-state index contributed by atoms with van der Waals surface area (Å²) in [5.41, 5.74) is 2.29. The summed E-state index contributed by atoms with van der Waals surface area (Å²) >= 11 is 3.45. The minimum atomic E-state index is -0.0314. The summed E-state index contributed by atoms with van der Waals surface area (Å²) < 4.78 is 11.6. The Balaban J connectivity index is 1.74. The Bertz CT molecular complexity index is 876. The van der Waals surface area contributed by atoms with E-state index in [2.05, 4.69) is 21.1 Å². The maximum atomic E-state index is 12.5. The monoisotopic (exact) mass is 388 g/mol. The normalized spacial score (nSPS) is 10.8. The number of likely N-dealkylation sites (N-methyl/N-ethyl adjacent to an activating group) is 1. The van der Waals surface area contributed by atoms with E-state index in [1.807, 2.05) is 42.5 Å². The van der Waals surface area contributed by atoms with Gasteiger partial charge in [-0.15, -0.1) is 0 Å². The van der Waals surface area contributed by atoms with Crippen LogP contribution in [0.5, 0.6) is 5.75 Å². The van der Waals surface area contributed by atoms with E-state index in [-0.39, 0.29) is 12.3 Å². The molecule has 1 heterocycles. The van der Waals surface area contributed by atoms with Crippen LogP contribution in [0.1, 0.15) is 11.3 Å². The lowest BCUT2D eigenvalue weighted by atomic mass is 10.1. The molecule has 0 aliphatic rings. The highest BCUT2D eigenvalue weighted by Gasteiger charge is 2.17. The molecule has 6 heteroatoms. The van der Waals surface area contributed by atoms with Crippen LogP contribution in [0.15, 0.2) is 51.5 Å². The Hall–Kier alpha value is -2.34. The highest BCUT2D eigenvalue weighted by molar-refractivity contribution is 9.10. The molecule has 2 aromatic carbocycles. The molecule has 0 aliphatic carbocycles. The summed E-state index contributed by atoms with van der Waals surface area (Å²) in [5.74, 6) is 0.723. The zero-order valence-electron chi connectivity index (χ0n) is 13.5. The highest BCUT2D eigenvalue weighted by Crippen LogP contribution is 2.24. The summed E-state index contributed by atoms with van der Waals surface area (Å²) in [5, 5.41) is 4.89. The van der Waals surface area contributed by atoms with Gasteiger partial charge in [0.05, 0.1) is 13.5 Å². The highest BCUT2D eigenvalue weighted by atomic mass is 79.9.